The Morgan fingerprint density at radius 3 is 2.66 bits per heavy atom. The second-order valence-corrected chi connectivity index (χ2v) is 9.17. The third kappa shape index (κ3) is 5.63. The van der Waals surface area contributed by atoms with E-state index in [-0.39, 0.29) is 10.6 Å². The van der Waals surface area contributed by atoms with E-state index in [0.717, 1.165) is 37.1 Å². The van der Waals surface area contributed by atoms with Crippen LogP contribution in [0.15, 0.2) is 36.7 Å². The first-order valence-electron chi connectivity index (χ1n) is 11.2. The molecular formula is C26H26ClFN6O. The molecule has 7 nitrogen and oxygen atoms in total. The fraction of sp³-hybridized carbons (Fsp3) is 0.346. The van der Waals surface area contributed by atoms with Gasteiger partial charge in [0.05, 0.1) is 28.8 Å². The van der Waals surface area contributed by atoms with Gasteiger partial charge >= 0.3 is 0 Å². The summed E-state index contributed by atoms with van der Waals surface area (Å²) < 4.78 is 19.2. The fourth-order valence-electron chi connectivity index (χ4n) is 4.01. The van der Waals surface area contributed by atoms with Gasteiger partial charge in [0.2, 0.25) is 0 Å². The summed E-state index contributed by atoms with van der Waals surface area (Å²) in [7, 11) is 1.60. The van der Waals surface area contributed by atoms with Crippen molar-refractivity contribution in [3.05, 3.63) is 64.5 Å². The van der Waals surface area contributed by atoms with Gasteiger partial charge < -0.3 is 10.1 Å². The molecule has 0 radical (unpaired) electrons. The predicted octanol–water partition coefficient (Wildman–Crippen LogP) is 4.80. The Morgan fingerprint density at radius 2 is 1.97 bits per heavy atom. The zero-order valence-electron chi connectivity index (χ0n) is 19.9. The number of benzene rings is 2. The number of anilines is 2. The van der Waals surface area contributed by atoms with Crippen LogP contribution in [0.2, 0.25) is 5.02 Å². The Hall–Kier alpha value is -3.43. The van der Waals surface area contributed by atoms with Crippen LogP contribution < -0.4 is 10.1 Å². The van der Waals surface area contributed by atoms with Crippen molar-refractivity contribution in [2.75, 3.05) is 45.3 Å². The van der Waals surface area contributed by atoms with Gasteiger partial charge in [-0.3, -0.25) is 9.74 Å². The summed E-state index contributed by atoms with van der Waals surface area (Å²) in [5.74, 6) is 7.37. The first kappa shape index (κ1) is 24.7. The van der Waals surface area contributed by atoms with E-state index < -0.39 is 5.82 Å². The van der Waals surface area contributed by atoms with E-state index in [4.69, 9.17) is 22.9 Å². The molecule has 4 rings (SSSR count). The third-order valence-electron chi connectivity index (χ3n) is 6.08. The van der Waals surface area contributed by atoms with Crippen molar-refractivity contribution in [3.63, 3.8) is 0 Å². The lowest BCUT2D eigenvalue weighted by Crippen LogP contribution is -2.53. The van der Waals surface area contributed by atoms with Crippen LogP contribution in [0.25, 0.3) is 15.7 Å². The van der Waals surface area contributed by atoms with E-state index >= 15 is 0 Å². The summed E-state index contributed by atoms with van der Waals surface area (Å²) in [6, 6.07) is 8.13. The smallest absolute Gasteiger partial charge is 0.270 e. The minimum Gasteiger partial charge on any atom is -0.495 e. The maximum absolute atomic E-state index is 13.5. The third-order valence-corrected chi connectivity index (χ3v) is 6.37. The number of hydrogen-bond acceptors (Lipinski definition) is 6. The highest BCUT2D eigenvalue weighted by molar-refractivity contribution is 6.31. The van der Waals surface area contributed by atoms with Crippen molar-refractivity contribution in [2.24, 2.45) is 0 Å². The van der Waals surface area contributed by atoms with Crippen LogP contribution in [0.1, 0.15) is 19.4 Å². The normalized spacial score (nSPS) is 14.7. The van der Waals surface area contributed by atoms with Crippen LogP contribution in [0.3, 0.4) is 0 Å². The molecule has 0 spiro atoms. The maximum Gasteiger partial charge on any atom is 0.270 e. The van der Waals surface area contributed by atoms with Crippen molar-refractivity contribution < 1.29 is 9.13 Å². The number of nitrogens with zero attached hydrogens (tertiary/aromatic N) is 5. The van der Waals surface area contributed by atoms with Gasteiger partial charge in [-0.05, 0) is 44.2 Å². The SMILES string of the molecule is [C-]#[N+]CN1CCN(C(C)(C)C#Cc2cc3ncnc(Nc4ccc(F)c(Cl)c4)c3cc2OC)CC1. The molecule has 9 heteroatoms. The van der Waals surface area contributed by atoms with E-state index in [1.807, 2.05) is 12.1 Å². The van der Waals surface area contributed by atoms with Gasteiger partial charge in [-0.25, -0.2) is 25.8 Å². The summed E-state index contributed by atoms with van der Waals surface area (Å²) in [6.45, 7) is 15.2. The van der Waals surface area contributed by atoms with Crippen LogP contribution in [-0.4, -0.2) is 65.3 Å². The van der Waals surface area contributed by atoms with Gasteiger partial charge in [-0.15, -0.1) is 0 Å². The Balaban J connectivity index is 1.61. The zero-order valence-corrected chi connectivity index (χ0v) is 20.7. The van der Waals surface area contributed by atoms with Gasteiger partial charge in [-0.1, -0.05) is 23.4 Å². The molecule has 2 aromatic carbocycles. The second-order valence-electron chi connectivity index (χ2n) is 8.76. The molecule has 35 heavy (non-hydrogen) atoms. The van der Waals surface area contributed by atoms with E-state index in [9.17, 15) is 4.39 Å². The number of aromatic nitrogens is 2. The summed E-state index contributed by atoms with van der Waals surface area (Å²) >= 11 is 5.92. The number of fused-ring (bicyclic) bond motifs is 1. The predicted molar refractivity (Wildman–Crippen MR) is 136 cm³/mol. The van der Waals surface area contributed by atoms with Crippen molar-refractivity contribution in [3.8, 4) is 17.6 Å². The first-order valence-corrected chi connectivity index (χ1v) is 11.6. The molecule has 180 valence electrons. The molecule has 0 saturated carbocycles. The van der Waals surface area contributed by atoms with Crippen LogP contribution >= 0.6 is 11.6 Å². The van der Waals surface area contributed by atoms with Gasteiger partial charge in [0.25, 0.3) is 6.67 Å². The van der Waals surface area contributed by atoms with Crippen molar-refractivity contribution in [2.45, 2.75) is 19.4 Å². The van der Waals surface area contributed by atoms with Crippen LogP contribution in [-0.2, 0) is 0 Å². The molecule has 0 aliphatic carbocycles. The lowest BCUT2D eigenvalue weighted by molar-refractivity contribution is 0.0870. The zero-order chi connectivity index (χ0) is 25.0. The number of ether oxygens (including phenoxy) is 1. The molecule has 0 bridgehead atoms. The minimum absolute atomic E-state index is 0.0268. The fourth-order valence-corrected chi connectivity index (χ4v) is 4.19. The number of piperazine rings is 1. The van der Waals surface area contributed by atoms with E-state index in [1.54, 1.807) is 13.2 Å². The number of hydrogen-bond donors (Lipinski definition) is 1. The van der Waals surface area contributed by atoms with Crippen LogP contribution in [0, 0.1) is 24.2 Å². The van der Waals surface area contributed by atoms with E-state index in [0.29, 0.717) is 29.4 Å². The van der Waals surface area contributed by atoms with Crippen molar-refractivity contribution in [1.82, 2.24) is 19.8 Å². The Morgan fingerprint density at radius 1 is 1.20 bits per heavy atom. The van der Waals surface area contributed by atoms with Crippen LogP contribution in [0.5, 0.6) is 5.75 Å². The molecule has 3 aromatic rings. The molecule has 2 heterocycles. The average molecular weight is 493 g/mol. The molecule has 1 aliphatic rings. The minimum atomic E-state index is -0.483. The monoisotopic (exact) mass is 492 g/mol. The summed E-state index contributed by atoms with van der Waals surface area (Å²) in [5.41, 5.74) is 1.70. The van der Waals surface area contributed by atoms with E-state index in [2.05, 4.69) is 55.6 Å². The van der Waals surface area contributed by atoms with Gasteiger partial charge in [0.15, 0.2) is 0 Å². The molecule has 1 saturated heterocycles. The largest absolute Gasteiger partial charge is 0.495 e. The summed E-state index contributed by atoms with van der Waals surface area (Å²) in [5, 5.41) is 3.94. The first-order chi connectivity index (χ1) is 16.8. The lowest BCUT2D eigenvalue weighted by atomic mass is 10.0. The molecule has 1 aliphatic heterocycles. The second kappa shape index (κ2) is 10.5. The lowest BCUT2D eigenvalue weighted by Gasteiger charge is -2.40. The molecule has 1 N–H and O–H groups in total. The number of nitrogens with one attached hydrogen (secondary N) is 1. The van der Waals surface area contributed by atoms with Crippen molar-refractivity contribution in [1.29, 1.82) is 0 Å². The Bertz CT molecular complexity index is 1340. The molecular weight excluding hydrogens is 467 g/mol. The summed E-state index contributed by atoms with van der Waals surface area (Å²) in [4.78, 5) is 16.7. The molecule has 1 fully saturated rings. The number of methoxy groups -OCH3 is 1. The number of halogens is 2. The highest BCUT2D eigenvalue weighted by Gasteiger charge is 2.29. The topological polar surface area (TPSA) is 57.9 Å². The molecule has 0 atom stereocenters. The van der Waals surface area contributed by atoms with E-state index in [1.165, 1.54) is 18.5 Å². The molecule has 0 amide bonds. The number of rotatable bonds is 5. The van der Waals surface area contributed by atoms with Crippen LogP contribution in [0.4, 0.5) is 15.9 Å². The Labute approximate surface area is 209 Å². The Kier molecular flexibility index (Phi) is 7.37. The van der Waals surface area contributed by atoms with Gasteiger partial charge in [-0.2, -0.15) is 0 Å². The molecule has 0 unspecified atom stereocenters. The highest BCUT2D eigenvalue weighted by atomic mass is 35.5. The highest BCUT2D eigenvalue weighted by Crippen LogP contribution is 2.31. The van der Waals surface area contributed by atoms with Gasteiger partial charge in [0, 0.05) is 37.3 Å². The quantitative estimate of drug-likeness (QED) is 0.408. The van der Waals surface area contributed by atoms with Crippen molar-refractivity contribution >= 4 is 34.0 Å². The standard InChI is InChI=1S/C26H26ClFN6O/c1-26(2,34-11-9-33(10-12-34)17-29-3)8-7-18-13-23-20(15-24(18)35-4)25(31-16-30-23)32-19-5-6-22(28)21(27)14-19/h5-6,13-16H,9-12,17H2,1-2,4H3,(H,30,31,32). The molecule has 1 aromatic heterocycles. The average Bonchev–Trinajstić information content (AvgIpc) is 2.85. The van der Waals surface area contributed by atoms with Gasteiger partial charge in [0.1, 0.15) is 23.7 Å². The summed E-state index contributed by atoms with van der Waals surface area (Å²) in [6.07, 6.45) is 1.46. The maximum atomic E-state index is 13.5.